The molecule has 2 aromatic heterocycles. The number of aliphatic hydroxyl groups excluding tert-OH is 1. The Morgan fingerprint density at radius 2 is 1.88 bits per heavy atom. The molecule has 7 heteroatoms. The minimum Gasteiger partial charge on any atom is -0.387 e. The van der Waals surface area contributed by atoms with Crippen LogP contribution in [0.2, 0.25) is 0 Å². The number of aromatic nitrogens is 4. The number of benzene rings is 1. The molecule has 7 nitrogen and oxygen atoms in total. The van der Waals surface area contributed by atoms with Gasteiger partial charge in [-0.05, 0) is 49.3 Å². The lowest BCUT2D eigenvalue weighted by atomic mass is 9.86. The first-order valence-electron chi connectivity index (χ1n) is 11.4. The molecule has 1 fully saturated rings. The highest BCUT2D eigenvalue weighted by Crippen LogP contribution is 2.30. The summed E-state index contributed by atoms with van der Waals surface area (Å²) in [5, 5.41) is 13.8. The Labute approximate surface area is 190 Å². The monoisotopic (exact) mass is 434 g/mol. The van der Waals surface area contributed by atoms with E-state index in [0.717, 1.165) is 37.2 Å². The van der Waals surface area contributed by atoms with Gasteiger partial charge in [0.15, 0.2) is 0 Å². The predicted octanol–water partition coefficient (Wildman–Crippen LogP) is 4.92. The Kier molecular flexibility index (Phi) is 6.20. The van der Waals surface area contributed by atoms with E-state index >= 15 is 0 Å². The van der Waals surface area contributed by atoms with Gasteiger partial charge in [0.25, 0.3) is 0 Å². The van der Waals surface area contributed by atoms with Crippen molar-refractivity contribution in [2.24, 2.45) is 0 Å². The fourth-order valence-electron chi connectivity index (χ4n) is 4.08. The van der Waals surface area contributed by atoms with Crippen molar-refractivity contribution in [3.63, 3.8) is 0 Å². The van der Waals surface area contributed by atoms with E-state index in [1.165, 1.54) is 5.56 Å². The summed E-state index contributed by atoms with van der Waals surface area (Å²) in [6.07, 6.45) is 7.10. The molecule has 0 saturated carbocycles. The van der Waals surface area contributed by atoms with Gasteiger partial charge in [0.05, 0.1) is 18.1 Å². The molecule has 0 amide bonds. The largest absolute Gasteiger partial charge is 0.387 e. The summed E-state index contributed by atoms with van der Waals surface area (Å²) in [7, 11) is 0. The number of aliphatic hydroxyl groups is 1. The van der Waals surface area contributed by atoms with Crippen molar-refractivity contribution in [2.45, 2.75) is 65.0 Å². The Bertz CT molecular complexity index is 1050. The molecule has 1 aliphatic heterocycles. The van der Waals surface area contributed by atoms with Crippen molar-refractivity contribution in [1.82, 2.24) is 19.5 Å². The highest BCUT2D eigenvalue weighted by molar-refractivity contribution is 5.63. The zero-order chi connectivity index (χ0) is 22.9. The normalized spacial score (nSPS) is 16.2. The molecule has 170 valence electrons. The zero-order valence-corrected chi connectivity index (χ0v) is 19.7. The number of nitrogens with zero attached hydrogens (tertiary/aromatic N) is 5. The summed E-state index contributed by atoms with van der Waals surface area (Å²) in [5.74, 6) is 1.37. The molecule has 4 rings (SSSR count). The van der Waals surface area contributed by atoms with E-state index in [1.807, 2.05) is 24.8 Å². The molecular weight excluding hydrogens is 400 g/mol. The van der Waals surface area contributed by atoms with Gasteiger partial charge in [-0.1, -0.05) is 32.9 Å². The van der Waals surface area contributed by atoms with Crippen LogP contribution in [0.25, 0.3) is 0 Å². The average molecular weight is 435 g/mol. The molecule has 1 unspecified atom stereocenters. The number of rotatable bonds is 5. The molecule has 1 atom stereocenters. The second-order valence-electron chi connectivity index (χ2n) is 9.79. The van der Waals surface area contributed by atoms with Crippen LogP contribution < -0.4 is 10.2 Å². The third-order valence-electron chi connectivity index (χ3n) is 6.22. The molecule has 1 saturated heterocycles. The van der Waals surface area contributed by atoms with Crippen LogP contribution in [-0.2, 0) is 5.41 Å². The van der Waals surface area contributed by atoms with Crippen molar-refractivity contribution >= 4 is 17.5 Å². The average Bonchev–Trinajstić information content (AvgIpc) is 3.29. The number of anilines is 3. The fourth-order valence-corrected chi connectivity index (χ4v) is 4.08. The molecule has 1 aliphatic rings. The Morgan fingerprint density at radius 1 is 1.12 bits per heavy atom. The number of piperidine rings is 1. The molecule has 1 aromatic carbocycles. The van der Waals surface area contributed by atoms with Gasteiger partial charge in [-0.3, -0.25) is 0 Å². The van der Waals surface area contributed by atoms with Crippen molar-refractivity contribution in [1.29, 1.82) is 0 Å². The topological polar surface area (TPSA) is 79.1 Å². The molecule has 0 spiro atoms. The third-order valence-corrected chi connectivity index (χ3v) is 6.22. The number of nitrogens with one attached hydrogen (secondary N) is 1. The second kappa shape index (κ2) is 8.90. The van der Waals surface area contributed by atoms with Gasteiger partial charge in [0, 0.05) is 43.3 Å². The lowest BCUT2D eigenvalue weighted by molar-refractivity contribution is 0.194. The number of aryl methyl sites for hydroxylation is 1. The van der Waals surface area contributed by atoms with E-state index in [1.54, 1.807) is 6.92 Å². The first-order chi connectivity index (χ1) is 15.2. The van der Waals surface area contributed by atoms with Gasteiger partial charge in [0.1, 0.15) is 5.82 Å². The summed E-state index contributed by atoms with van der Waals surface area (Å²) < 4.78 is 2.18. The summed E-state index contributed by atoms with van der Waals surface area (Å²) in [5.41, 5.74) is 4.12. The summed E-state index contributed by atoms with van der Waals surface area (Å²) >= 11 is 0. The minimum atomic E-state index is -0.664. The van der Waals surface area contributed by atoms with Gasteiger partial charge in [-0.15, -0.1) is 0 Å². The van der Waals surface area contributed by atoms with Crippen LogP contribution in [0.15, 0.2) is 43.0 Å². The van der Waals surface area contributed by atoms with Crippen LogP contribution >= 0.6 is 0 Å². The summed E-state index contributed by atoms with van der Waals surface area (Å²) in [6, 6.07) is 8.80. The highest BCUT2D eigenvalue weighted by Gasteiger charge is 2.23. The maximum Gasteiger partial charge on any atom is 0.227 e. The van der Waals surface area contributed by atoms with Gasteiger partial charge in [0.2, 0.25) is 5.95 Å². The van der Waals surface area contributed by atoms with Crippen molar-refractivity contribution in [2.75, 3.05) is 23.3 Å². The molecule has 0 bridgehead atoms. The van der Waals surface area contributed by atoms with Gasteiger partial charge in [-0.25, -0.2) is 9.97 Å². The third kappa shape index (κ3) is 4.93. The lowest BCUT2D eigenvalue weighted by Gasteiger charge is -2.33. The van der Waals surface area contributed by atoms with Crippen LogP contribution in [0.4, 0.5) is 17.5 Å². The zero-order valence-electron chi connectivity index (χ0n) is 19.7. The van der Waals surface area contributed by atoms with Gasteiger partial charge >= 0.3 is 0 Å². The number of hydrogen-bond donors (Lipinski definition) is 2. The SMILES string of the molecule is Cc1ccc(C(C)(C)C)cc1Nc1cc(C(C)O)nc(N2CCC(n3ccnc3)CC2)n1. The maximum absolute atomic E-state index is 10.3. The van der Waals surface area contributed by atoms with Crippen LogP contribution in [-0.4, -0.2) is 37.7 Å². The lowest BCUT2D eigenvalue weighted by Crippen LogP contribution is -2.35. The molecule has 0 radical (unpaired) electrons. The summed E-state index contributed by atoms with van der Waals surface area (Å²) in [6.45, 7) is 12.2. The molecule has 3 heterocycles. The van der Waals surface area contributed by atoms with E-state index in [9.17, 15) is 5.11 Å². The highest BCUT2D eigenvalue weighted by atomic mass is 16.3. The van der Waals surface area contributed by atoms with Crippen molar-refractivity contribution in [3.8, 4) is 0 Å². The first kappa shape index (κ1) is 22.3. The van der Waals surface area contributed by atoms with Crippen LogP contribution in [0.1, 0.15) is 69.5 Å². The van der Waals surface area contributed by atoms with E-state index < -0.39 is 6.10 Å². The molecule has 0 aliphatic carbocycles. The Hall–Kier alpha value is -2.93. The Morgan fingerprint density at radius 3 is 2.50 bits per heavy atom. The quantitative estimate of drug-likeness (QED) is 0.594. The Balaban J connectivity index is 1.58. The van der Waals surface area contributed by atoms with E-state index in [0.29, 0.717) is 23.5 Å². The van der Waals surface area contributed by atoms with E-state index in [-0.39, 0.29) is 5.41 Å². The fraction of sp³-hybridized carbons (Fsp3) is 0.480. The number of imidazole rings is 1. The maximum atomic E-state index is 10.3. The van der Waals surface area contributed by atoms with Gasteiger partial charge in [-0.2, -0.15) is 4.98 Å². The van der Waals surface area contributed by atoms with Crippen LogP contribution in [0, 0.1) is 6.92 Å². The number of hydrogen-bond acceptors (Lipinski definition) is 6. The van der Waals surface area contributed by atoms with Crippen molar-refractivity contribution < 1.29 is 5.11 Å². The minimum absolute atomic E-state index is 0.0608. The molecule has 32 heavy (non-hydrogen) atoms. The second-order valence-corrected chi connectivity index (χ2v) is 9.79. The molecule has 2 N–H and O–H groups in total. The van der Waals surface area contributed by atoms with Crippen LogP contribution in [0.5, 0.6) is 0 Å². The van der Waals surface area contributed by atoms with E-state index in [4.69, 9.17) is 4.98 Å². The van der Waals surface area contributed by atoms with Gasteiger partial charge < -0.3 is 19.9 Å². The smallest absolute Gasteiger partial charge is 0.227 e. The van der Waals surface area contributed by atoms with E-state index in [2.05, 4.69) is 70.6 Å². The molecular formula is C25H34N6O. The van der Waals surface area contributed by atoms with Crippen LogP contribution in [0.3, 0.4) is 0 Å². The molecule has 3 aromatic rings. The van der Waals surface area contributed by atoms with Crippen molar-refractivity contribution in [3.05, 3.63) is 59.8 Å². The summed E-state index contributed by atoms with van der Waals surface area (Å²) in [4.78, 5) is 15.9. The standard InChI is InChI=1S/C25H34N6O/c1-17-6-7-19(25(3,4)5)14-21(17)27-23-15-22(18(2)32)28-24(29-23)30-11-8-20(9-12-30)31-13-10-26-16-31/h6-7,10,13-16,18,20,32H,8-9,11-12H2,1-5H3,(H,27,28,29). The first-order valence-corrected chi connectivity index (χ1v) is 11.4. The predicted molar refractivity (Wildman–Crippen MR) is 129 cm³/mol.